The standard InChI is InChI=1S/C13H16F5NO/c1-10-3-5-11(6-4-10)9-19-7-2-8-20-13(17,18)12(14,15)16/h3-6,19H,2,7-9H2,1H3. The fourth-order valence-electron chi connectivity index (χ4n) is 1.42. The highest BCUT2D eigenvalue weighted by Gasteiger charge is 2.59. The van der Waals surface area contributed by atoms with Crippen molar-refractivity contribution in [3.05, 3.63) is 35.4 Å². The van der Waals surface area contributed by atoms with E-state index in [0.717, 1.165) is 11.1 Å². The SMILES string of the molecule is Cc1ccc(CNCCCOC(F)(F)C(F)(F)F)cc1. The second-order valence-electron chi connectivity index (χ2n) is 4.38. The Bertz CT molecular complexity index is 402. The second kappa shape index (κ2) is 6.99. The van der Waals surface area contributed by atoms with Crippen molar-refractivity contribution in [2.75, 3.05) is 13.2 Å². The Kier molecular flexibility index (Phi) is 5.88. The zero-order chi connectivity index (χ0) is 15.2. The predicted molar refractivity (Wildman–Crippen MR) is 64.5 cm³/mol. The Labute approximate surface area is 113 Å². The van der Waals surface area contributed by atoms with Crippen LogP contribution >= 0.6 is 0 Å². The molecule has 0 unspecified atom stereocenters. The molecule has 1 aromatic carbocycles. The molecule has 2 nitrogen and oxygen atoms in total. The van der Waals surface area contributed by atoms with Crippen LogP contribution in [0.25, 0.3) is 0 Å². The lowest BCUT2D eigenvalue weighted by Gasteiger charge is -2.19. The highest BCUT2D eigenvalue weighted by atomic mass is 19.4. The van der Waals surface area contributed by atoms with E-state index < -0.39 is 18.9 Å². The van der Waals surface area contributed by atoms with Gasteiger partial charge in [0, 0.05) is 6.54 Å². The molecule has 0 saturated heterocycles. The van der Waals surface area contributed by atoms with Crippen molar-refractivity contribution in [1.82, 2.24) is 5.32 Å². The molecule has 1 rings (SSSR count). The summed E-state index contributed by atoms with van der Waals surface area (Å²) >= 11 is 0. The summed E-state index contributed by atoms with van der Waals surface area (Å²) in [5.41, 5.74) is 2.13. The summed E-state index contributed by atoms with van der Waals surface area (Å²) in [5, 5.41) is 2.94. The van der Waals surface area contributed by atoms with Crippen LogP contribution in [0.15, 0.2) is 24.3 Å². The molecule has 114 valence electrons. The van der Waals surface area contributed by atoms with E-state index in [9.17, 15) is 22.0 Å². The van der Waals surface area contributed by atoms with E-state index in [0.29, 0.717) is 13.1 Å². The van der Waals surface area contributed by atoms with Gasteiger partial charge >= 0.3 is 12.3 Å². The van der Waals surface area contributed by atoms with Crippen LogP contribution in [0.5, 0.6) is 0 Å². The van der Waals surface area contributed by atoms with Crippen LogP contribution in [-0.4, -0.2) is 25.4 Å². The largest absolute Gasteiger partial charge is 0.482 e. The summed E-state index contributed by atoms with van der Waals surface area (Å²) in [5.74, 6) is 0. The van der Waals surface area contributed by atoms with Crippen LogP contribution in [0.1, 0.15) is 17.5 Å². The minimum Gasteiger partial charge on any atom is -0.313 e. The topological polar surface area (TPSA) is 21.3 Å². The molecule has 0 spiro atoms. The Morgan fingerprint density at radius 3 is 2.20 bits per heavy atom. The average Bonchev–Trinajstić information content (AvgIpc) is 2.34. The Morgan fingerprint density at radius 1 is 1.05 bits per heavy atom. The van der Waals surface area contributed by atoms with E-state index in [1.54, 1.807) is 0 Å². The first kappa shape index (κ1) is 16.8. The molecule has 1 N–H and O–H groups in total. The first-order chi connectivity index (χ1) is 9.22. The number of hydrogen-bond donors (Lipinski definition) is 1. The third-order valence-electron chi connectivity index (χ3n) is 2.56. The van der Waals surface area contributed by atoms with Crippen molar-refractivity contribution < 1.29 is 26.7 Å². The average molecular weight is 297 g/mol. The van der Waals surface area contributed by atoms with Gasteiger partial charge in [-0.3, -0.25) is 0 Å². The van der Waals surface area contributed by atoms with Crippen molar-refractivity contribution in [3.8, 4) is 0 Å². The molecule has 0 aromatic heterocycles. The van der Waals surface area contributed by atoms with Gasteiger partial charge in [0.05, 0.1) is 6.61 Å². The molecular weight excluding hydrogens is 281 g/mol. The van der Waals surface area contributed by atoms with E-state index in [-0.39, 0.29) is 6.42 Å². The van der Waals surface area contributed by atoms with E-state index in [2.05, 4.69) is 10.1 Å². The Morgan fingerprint density at radius 2 is 1.65 bits per heavy atom. The summed E-state index contributed by atoms with van der Waals surface area (Å²) in [6.07, 6.45) is -10.7. The highest BCUT2D eigenvalue weighted by molar-refractivity contribution is 5.20. The van der Waals surface area contributed by atoms with Gasteiger partial charge in [0.25, 0.3) is 0 Å². The first-order valence-corrected chi connectivity index (χ1v) is 6.07. The molecule has 1 aromatic rings. The lowest BCUT2D eigenvalue weighted by atomic mass is 10.1. The van der Waals surface area contributed by atoms with Gasteiger partial charge in [0.2, 0.25) is 0 Å². The zero-order valence-corrected chi connectivity index (χ0v) is 10.9. The van der Waals surface area contributed by atoms with Crippen LogP contribution in [0.4, 0.5) is 22.0 Å². The number of halogens is 5. The minimum atomic E-state index is -5.66. The lowest BCUT2D eigenvalue weighted by molar-refractivity contribution is -0.391. The fraction of sp³-hybridized carbons (Fsp3) is 0.538. The van der Waals surface area contributed by atoms with Crippen molar-refractivity contribution in [3.63, 3.8) is 0 Å². The van der Waals surface area contributed by atoms with Crippen LogP contribution in [0.3, 0.4) is 0 Å². The molecule has 0 radical (unpaired) electrons. The third-order valence-corrected chi connectivity index (χ3v) is 2.56. The number of alkyl halides is 5. The van der Waals surface area contributed by atoms with Crippen molar-refractivity contribution in [2.24, 2.45) is 0 Å². The van der Waals surface area contributed by atoms with Crippen LogP contribution < -0.4 is 5.32 Å². The van der Waals surface area contributed by atoms with Crippen LogP contribution in [-0.2, 0) is 11.3 Å². The number of nitrogens with one attached hydrogen (secondary N) is 1. The number of ether oxygens (including phenoxy) is 1. The Hall–Kier alpha value is -1.21. The van der Waals surface area contributed by atoms with Gasteiger partial charge in [-0.05, 0) is 25.5 Å². The van der Waals surface area contributed by atoms with Gasteiger partial charge < -0.3 is 10.1 Å². The van der Waals surface area contributed by atoms with Crippen molar-refractivity contribution in [1.29, 1.82) is 0 Å². The van der Waals surface area contributed by atoms with Crippen LogP contribution in [0, 0.1) is 6.92 Å². The van der Waals surface area contributed by atoms with Gasteiger partial charge in [-0.15, -0.1) is 0 Å². The molecule has 0 saturated carbocycles. The maximum Gasteiger partial charge on any atom is 0.482 e. The normalized spacial score (nSPS) is 12.7. The smallest absolute Gasteiger partial charge is 0.313 e. The Balaban J connectivity index is 2.15. The minimum absolute atomic E-state index is 0.0670. The monoisotopic (exact) mass is 297 g/mol. The molecule has 7 heteroatoms. The van der Waals surface area contributed by atoms with Crippen LogP contribution in [0.2, 0.25) is 0 Å². The molecule has 0 bridgehead atoms. The number of aryl methyl sites for hydroxylation is 1. The fourth-order valence-corrected chi connectivity index (χ4v) is 1.42. The van der Waals surface area contributed by atoms with Gasteiger partial charge in [0.1, 0.15) is 0 Å². The summed E-state index contributed by atoms with van der Waals surface area (Å²) in [7, 11) is 0. The maximum absolute atomic E-state index is 12.4. The van der Waals surface area contributed by atoms with Crippen molar-refractivity contribution in [2.45, 2.75) is 32.2 Å². The lowest BCUT2D eigenvalue weighted by Crippen LogP contribution is -2.39. The quantitative estimate of drug-likeness (QED) is 0.613. The summed E-state index contributed by atoms with van der Waals surface area (Å²) in [4.78, 5) is 0. The van der Waals surface area contributed by atoms with E-state index >= 15 is 0 Å². The second-order valence-corrected chi connectivity index (χ2v) is 4.38. The van der Waals surface area contributed by atoms with Gasteiger partial charge in [-0.1, -0.05) is 29.8 Å². The van der Waals surface area contributed by atoms with Gasteiger partial charge in [-0.25, -0.2) is 0 Å². The zero-order valence-electron chi connectivity index (χ0n) is 10.9. The summed E-state index contributed by atoms with van der Waals surface area (Å²) < 4.78 is 63.6. The van der Waals surface area contributed by atoms with Gasteiger partial charge in [0.15, 0.2) is 0 Å². The number of rotatable bonds is 7. The summed E-state index contributed by atoms with van der Waals surface area (Å²) in [6, 6.07) is 7.70. The number of hydrogen-bond acceptors (Lipinski definition) is 2. The van der Waals surface area contributed by atoms with E-state index in [1.807, 2.05) is 31.2 Å². The first-order valence-electron chi connectivity index (χ1n) is 6.07. The highest BCUT2D eigenvalue weighted by Crippen LogP contribution is 2.36. The van der Waals surface area contributed by atoms with Gasteiger partial charge in [-0.2, -0.15) is 22.0 Å². The predicted octanol–water partition coefficient (Wildman–Crippen LogP) is 3.65. The molecule has 0 aliphatic rings. The third kappa shape index (κ3) is 5.42. The molecule has 0 aliphatic carbocycles. The molecular formula is C13H16F5NO. The van der Waals surface area contributed by atoms with Crippen molar-refractivity contribution >= 4 is 0 Å². The molecule has 0 fully saturated rings. The number of benzene rings is 1. The molecule has 0 atom stereocenters. The van der Waals surface area contributed by atoms with E-state index in [1.165, 1.54) is 0 Å². The molecule has 20 heavy (non-hydrogen) atoms. The molecule has 0 aliphatic heterocycles. The van der Waals surface area contributed by atoms with E-state index in [4.69, 9.17) is 0 Å². The molecule has 0 amide bonds. The summed E-state index contributed by atoms with van der Waals surface area (Å²) in [6.45, 7) is 2.11. The molecule has 0 heterocycles. The maximum atomic E-state index is 12.4.